The highest BCUT2D eigenvalue weighted by Gasteiger charge is 2.25. The first kappa shape index (κ1) is 11.4. The average Bonchev–Trinajstić information content (AvgIpc) is 2.63. The molecule has 0 saturated carbocycles. The van der Waals surface area contributed by atoms with Crippen LogP contribution in [0.5, 0.6) is 0 Å². The van der Waals surface area contributed by atoms with Crippen LogP contribution in [0.3, 0.4) is 0 Å². The van der Waals surface area contributed by atoms with E-state index in [0.29, 0.717) is 13.2 Å². The molecule has 2 atom stereocenters. The number of hydrogen-bond donors (Lipinski definition) is 1. The summed E-state index contributed by atoms with van der Waals surface area (Å²) in [5.74, 6) is 0. The Labute approximate surface area is 103 Å². The molecule has 1 saturated heterocycles. The van der Waals surface area contributed by atoms with Gasteiger partial charge in [0.25, 0.3) is 0 Å². The van der Waals surface area contributed by atoms with Gasteiger partial charge in [0.15, 0.2) is 0 Å². The molecule has 0 radical (unpaired) electrons. The molecule has 0 spiro atoms. The second-order valence-corrected chi connectivity index (χ2v) is 5.05. The van der Waals surface area contributed by atoms with E-state index in [2.05, 4.69) is 27.3 Å². The summed E-state index contributed by atoms with van der Waals surface area (Å²) in [6, 6.07) is 8.44. The fourth-order valence-corrected chi connectivity index (χ4v) is 2.27. The van der Waals surface area contributed by atoms with Gasteiger partial charge in [0.05, 0.1) is 18.6 Å². The van der Waals surface area contributed by atoms with E-state index in [9.17, 15) is 0 Å². The van der Waals surface area contributed by atoms with Crippen molar-refractivity contribution < 1.29 is 4.74 Å². The maximum absolute atomic E-state index is 6.09. The zero-order valence-electron chi connectivity index (χ0n) is 8.25. The first-order valence-corrected chi connectivity index (χ1v) is 6.19. The van der Waals surface area contributed by atoms with Crippen molar-refractivity contribution in [3.63, 3.8) is 0 Å². The lowest BCUT2D eigenvalue weighted by atomic mass is 10.2. The van der Waals surface area contributed by atoms with Gasteiger partial charge in [0, 0.05) is 17.1 Å². The van der Waals surface area contributed by atoms with Crippen molar-refractivity contribution in [3.8, 4) is 0 Å². The molecular weight excluding hydrogens is 277 g/mol. The minimum atomic E-state index is 0.0903. The molecule has 1 heterocycles. The zero-order chi connectivity index (χ0) is 10.7. The summed E-state index contributed by atoms with van der Waals surface area (Å²) < 4.78 is 6.41. The first-order valence-electron chi connectivity index (χ1n) is 4.96. The summed E-state index contributed by atoms with van der Waals surface area (Å²) >= 11 is 9.60. The Bertz CT molecular complexity index is 334. The number of alkyl halides is 1. The summed E-state index contributed by atoms with van der Waals surface area (Å²) in [5, 5.41) is 3.49. The van der Waals surface area contributed by atoms with Crippen molar-refractivity contribution in [2.24, 2.45) is 0 Å². The third-order valence-corrected chi connectivity index (χ3v) is 3.73. The maximum atomic E-state index is 6.09. The summed E-state index contributed by atoms with van der Waals surface area (Å²) in [5.41, 5.74) is 1.24. The third-order valence-electron chi connectivity index (χ3n) is 2.52. The van der Waals surface area contributed by atoms with Crippen molar-refractivity contribution in [2.45, 2.75) is 18.0 Å². The monoisotopic (exact) mass is 289 g/mol. The Morgan fingerprint density at radius 3 is 2.87 bits per heavy atom. The fourth-order valence-electron chi connectivity index (χ4n) is 1.60. The van der Waals surface area contributed by atoms with Gasteiger partial charge in [-0.15, -0.1) is 11.6 Å². The summed E-state index contributed by atoms with van der Waals surface area (Å²) in [6.07, 6.45) is 0. The van der Waals surface area contributed by atoms with Crippen molar-refractivity contribution >= 4 is 27.5 Å². The van der Waals surface area contributed by atoms with Gasteiger partial charge in [0.2, 0.25) is 0 Å². The lowest BCUT2D eigenvalue weighted by Crippen LogP contribution is -2.35. The number of hydrogen-bond acceptors (Lipinski definition) is 2. The van der Waals surface area contributed by atoms with Gasteiger partial charge in [-0.3, -0.25) is 0 Å². The Balaban J connectivity index is 1.90. The van der Waals surface area contributed by atoms with Crippen molar-refractivity contribution in [3.05, 3.63) is 34.3 Å². The highest BCUT2D eigenvalue weighted by Crippen LogP contribution is 2.17. The number of benzene rings is 1. The SMILES string of the molecule is ClC1COCC1NCc1ccccc1Br. The molecule has 15 heavy (non-hydrogen) atoms. The molecule has 2 nitrogen and oxygen atoms in total. The van der Waals surface area contributed by atoms with Gasteiger partial charge >= 0.3 is 0 Å². The lowest BCUT2D eigenvalue weighted by Gasteiger charge is -2.14. The maximum Gasteiger partial charge on any atom is 0.0745 e. The van der Waals surface area contributed by atoms with Crippen LogP contribution in [-0.2, 0) is 11.3 Å². The Hall–Kier alpha value is -0.0900. The third kappa shape index (κ3) is 2.94. The molecule has 1 aliphatic rings. The quantitative estimate of drug-likeness (QED) is 0.864. The molecule has 1 aromatic rings. The van der Waals surface area contributed by atoms with Gasteiger partial charge < -0.3 is 10.1 Å². The van der Waals surface area contributed by atoms with Crippen LogP contribution in [0.25, 0.3) is 0 Å². The zero-order valence-corrected chi connectivity index (χ0v) is 10.6. The molecule has 1 aromatic carbocycles. The average molecular weight is 291 g/mol. The standard InChI is InChI=1S/C11H13BrClNO/c12-9-4-2-1-3-8(9)5-14-11-7-15-6-10(11)13/h1-4,10-11,14H,5-7H2. The van der Waals surface area contributed by atoms with Gasteiger partial charge in [0.1, 0.15) is 0 Å². The van der Waals surface area contributed by atoms with E-state index in [1.54, 1.807) is 0 Å². The molecule has 0 bridgehead atoms. The Kier molecular flexibility index (Phi) is 4.03. The predicted octanol–water partition coefficient (Wildman–Crippen LogP) is 2.54. The number of ether oxygens (including phenoxy) is 1. The smallest absolute Gasteiger partial charge is 0.0745 e. The molecular formula is C11H13BrClNO. The Morgan fingerprint density at radius 1 is 1.40 bits per heavy atom. The van der Waals surface area contributed by atoms with Gasteiger partial charge in [-0.1, -0.05) is 34.1 Å². The summed E-state index contributed by atoms with van der Waals surface area (Å²) in [4.78, 5) is 0. The largest absolute Gasteiger partial charge is 0.378 e. The van der Waals surface area contributed by atoms with E-state index >= 15 is 0 Å². The molecule has 0 amide bonds. The van der Waals surface area contributed by atoms with Crippen LogP contribution in [0.15, 0.2) is 28.7 Å². The van der Waals surface area contributed by atoms with Crippen LogP contribution in [0.4, 0.5) is 0 Å². The van der Waals surface area contributed by atoms with Crippen molar-refractivity contribution in [1.29, 1.82) is 0 Å². The molecule has 2 unspecified atom stereocenters. The molecule has 4 heteroatoms. The van der Waals surface area contributed by atoms with Crippen LogP contribution < -0.4 is 5.32 Å². The van der Waals surface area contributed by atoms with Crippen LogP contribution in [0.2, 0.25) is 0 Å². The first-order chi connectivity index (χ1) is 7.27. The minimum absolute atomic E-state index is 0.0903. The van der Waals surface area contributed by atoms with E-state index in [1.807, 2.05) is 18.2 Å². The van der Waals surface area contributed by atoms with Crippen LogP contribution in [-0.4, -0.2) is 24.6 Å². The highest BCUT2D eigenvalue weighted by atomic mass is 79.9. The predicted molar refractivity (Wildman–Crippen MR) is 65.2 cm³/mol. The molecule has 0 aliphatic carbocycles. The van der Waals surface area contributed by atoms with Crippen molar-refractivity contribution in [2.75, 3.05) is 13.2 Å². The van der Waals surface area contributed by atoms with E-state index in [1.165, 1.54) is 5.56 Å². The molecule has 0 aromatic heterocycles. The lowest BCUT2D eigenvalue weighted by molar-refractivity contribution is 0.190. The highest BCUT2D eigenvalue weighted by molar-refractivity contribution is 9.10. The van der Waals surface area contributed by atoms with E-state index in [4.69, 9.17) is 16.3 Å². The van der Waals surface area contributed by atoms with Gasteiger partial charge in [-0.25, -0.2) is 0 Å². The van der Waals surface area contributed by atoms with Gasteiger partial charge in [-0.2, -0.15) is 0 Å². The molecule has 2 rings (SSSR count). The summed E-state index contributed by atoms with van der Waals surface area (Å²) in [6.45, 7) is 2.17. The Morgan fingerprint density at radius 2 is 2.20 bits per heavy atom. The molecule has 82 valence electrons. The number of nitrogens with one attached hydrogen (secondary N) is 1. The normalized spacial score (nSPS) is 25.7. The van der Waals surface area contributed by atoms with Crippen LogP contribution in [0.1, 0.15) is 5.56 Å². The topological polar surface area (TPSA) is 21.3 Å². The number of rotatable bonds is 3. The van der Waals surface area contributed by atoms with Crippen molar-refractivity contribution in [1.82, 2.24) is 5.32 Å². The van der Waals surface area contributed by atoms with Crippen LogP contribution >= 0.6 is 27.5 Å². The van der Waals surface area contributed by atoms with E-state index in [-0.39, 0.29) is 11.4 Å². The molecule has 1 N–H and O–H groups in total. The molecule has 1 aliphatic heterocycles. The van der Waals surface area contributed by atoms with E-state index in [0.717, 1.165) is 11.0 Å². The second kappa shape index (κ2) is 5.30. The summed E-state index contributed by atoms with van der Waals surface area (Å²) in [7, 11) is 0. The van der Waals surface area contributed by atoms with E-state index < -0.39 is 0 Å². The van der Waals surface area contributed by atoms with Gasteiger partial charge in [-0.05, 0) is 11.6 Å². The fraction of sp³-hybridized carbons (Fsp3) is 0.455. The second-order valence-electron chi connectivity index (χ2n) is 3.63. The van der Waals surface area contributed by atoms with Crippen LogP contribution in [0, 0.1) is 0 Å². The minimum Gasteiger partial charge on any atom is -0.378 e. The molecule has 1 fully saturated rings. The number of halogens is 2.